The molecule has 3 fully saturated rings. The van der Waals surface area contributed by atoms with Crippen molar-refractivity contribution in [3.05, 3.63) is 23.8 Å². The molecule has 0 radical (unpaired) electrons. The molecule has 0 aromatic heterocycles. The van der Waals surface area contributed by atoms with Gasteiger partial charge in [0.05, 0.1) is 0 Å². The van der Waals surface area contributed by atoms with Gasteiger partial charge in [-0.2, -0.15) is 0 Å². The van der Waals surface area contributed by atoms with Crippen LogP contribution >= 0.6 is 11.6 Å². The van der Waals surface area contributed by atoms with E-state index in [9.17, 15) is 4.79 Å². The van der Waals surface area contributed by atoms with Crippen LogP contribution in [0.1, 0.15) is 69.3 Å². The van der Waals surface area contributed by atoms with Crippen molar-refractivity contribution < 1.29 is 14.3 Å². The van der Waals surface area contributed by atoms with Crippen molar-refractivity contribution in [2.75, 3.05) is 26.4 Å². The lowest BCUT2D eigenvalue weighted by Crippen LogP contribution is -2.45. The first kappa shape index (κ1) is 21.4. The predicted molar refractivity (Wildman–Crippen MR) is 122 cm³/mol. The molecule has 0 bridgehead atoms. The van der Waals surface area contributed by atoms with Crippen LogP contribution in [0, 0.1) is 11.8 Å². The highest BCUT2D eigenvalue weighted by atomic mass is 35.5. The molecule has 1 saturated heterocycles. The van der Waals surface area contributed by atoms with E-state index >= 15 is 0 Å². The molecule has 1 N–H and O–H groups in total. The monoisotopic (exact) mass is 446 g/mol. The Morgan fingerprint density at radius 1 is 1.06 bits per heavy atom. The number of likely N-dealkylation sites (tertiary alicyclic amines) is 1. The minimum absolute atomic E-state index is 0.166. The second kappa shape index (κ2) is 9.58. The van der Waals surface area contributed by atoms with Gasteiger partial charge in [0.1, 0.15) is 0 Å². The molecule has 170 valence electrons. The number of para-hydroxylation sites is 1. The Kier molecular flexibility index (Phi) is 6.61. The van der Waals surface area contributed by atoms with Gasteiger partial charge in [-0.15, -0.1) is 11.6 Å². The summed E-state index contributed by atoms with van der Waals surface area (Å²) in [4.78, 5) is 14.9. The van der Waals surface area contributed by atoms with Gasteiger partial charge in [-0.3, -0.25) is 4.79 Å². The molecule has 5 nitrogen and oxygen atoms in total. The number of nitrogens with zero attached hydrogens (tertiary/aromatic N) is 1. The summed E-state index contributed by atoms with van der Waals surface area (Å²) in [6.07, 6.45) is 10.2. The van der Waals surface area contributed by atoms with Gasteiger partial charge in [0.15, 0.2) is 11.5 Å². The van der Waals surface area contributed by atoms with E-state index in [1.807, 2.05) is 6.07 Å². The fourth-order valence-corrected chi connectivity index (χ4v) is 6.21. The summed E-state index contributed by atoms with van der Waals surface area (Å²) in [7, 11) is 0. The van der Waals surface area contributed by atoms with Crippen molar-refractivity contribution in [2.45, 2.75) is 75.1 Å². The third kappa shape index (κ3) is 4.98. The van der Waals surface area contributed by atoms with Crippen molar-refractivity contribution in [3.8, 4) is 11.5 Å². The van der Waals surface area contributed by atoms with Crippen molar-refractivity contribution >= 4 is 17.5 Å². The van der Waals surface area contributed by atoms with Gasteiger partial charge in [0.25, 0.3) is 0 Å². The van der Waals surface area contributed by atoms with E-state index in [1.54, 1.807) is 0 Å². The zero-order chi connectivity index (χ0) is 21.2. The Morgan fingerprint density at radius 2 is 1.84 bits per heavy atom. The zero-order valence-corrected chi connectivity index (χ0v) is 19.1. The van der Waals surface area contributed by atoms with E-state index in [0.29, 0.717) is 18.8 Å². The molecule has 2 aliphatic carbocycles. The van der Waals surface area contributed by atoms with Crippen molar-refractivity contribution in [1.29, 1.82) is 0 Å². The first-order valence-electron chi connectivity index (χ1n) is 12.2. The van der Waals surface area contributed by atoms with E-state index in [4.69, 9.17) is 21.1 Å². The lowest BCUT2D eigenvalue weighted by atomic mass is 9.81. The number of carbonyl (C=O) groups is 1. The standard InChI is InChI=1S/C25H35ClN2O3/c26-20-14-19(15-20)25(29)27-21-6-4-17(5-7-21)8-11-28-12-9-18(10-13-28)22-2-1-3-23-24(22)31-16-30-23/h1-3,17-21H,4-16H2,(H,27,29)/t17?,19-,20-,21?. The maximum atomic E-state index is 12.3. The average Bonchev–Trinajstić information content (AvgIpc) is 3.26. The van der Waals surface area contributed by atoms with Crippen LogP contribution in [0.3, 0.4) is 0 Å². The maximum Gasteiger partial charge on any atom is 0.231 e. The van der Waals surface area contributed by atoms with Gasteiger partial charge in [0, 0.05) is 22.9 Å². The molecule has 1 amide bonds. The van der Waals surface area contributed by atoms with E-state index < -0.39 is 0 Å². The highest BCUT2D eigenvalue weighted by Crippen LogP contribution is 2.42. The van der Waals surface area contributed by atoms with Gasteiger partial charge in [0.2, 0.25) is 12.7 Å². The van der Waals surface area contributed by atoms with E-state index in [-0.39, 0.29) is 17.2 Å². The molecule has 2 aliphatic heterocycles. The lowest BCUT2D eigenvalue weighted by molar-refractivity contribution is -0.128. The number of hydrogen-bond donors (Lipinski definition) is 1. The van der Waals surface area contributed by atoms with Gasteiger partial charge >= 0.3 is 0 Å². The molecule has 31 heavy (non-hydrogen) atoms. The summed E-state index contributed by atoms with van der Waals surface area (Å²) < 4.78 is 11.3. The minimum atomic E-state index is 0.166. The van der Waals surface area contributed by atoms with Crippen LogP contribution in [0.15, 0.2) is 18.2 Å². The van der Waals surface area contributed by atoms with Crippen LogP contribution in [0.2, 0.25) is 0 Å². The van der Waals surface area contributed by atoms with Gasteiger partial charge in [-0.25, -0.2) is 0 Å². The molecule has 0 atom stereocenters. The summed E-state index contributed by atoms with van der Waals surface area (Å²) in [6, 6.07) is 6.69. The van der Waals surface area contributed by atoms with Crippen LogP contribution in [-0.4, -0.2) is 48.7 Å². The molecule has 2 heterocycles. The van der Waals surface area contributed by atoms with Crippen molar-refractivity contribution in [2.24, 2.45) is 11.8 Å². The maximum absolute atomic E-state index is 12.3. The largest absolute Gasteiger partial charge is 0.454 e. The lowest BCUT2D eigenvalue weighted by Gasteiger charge is -2.36. The summed E-state index contributed by atoms with van der Waals surface area (Å²) >= 11 is 6.02. The molecular formula is C25H35ClN2O3. The molecule has 4 aliphatic rings. The van der Waals surface area contributed by atoms with Crippen LogP contribution in [0.5, 0.6) is 11.5 Å². The molecule has 1 aromatic carbocycles. The third-order valence-corrected chi connectivity index (χ3v) is 8.31. The highest BCUT2D eigenvalue weighted by molar-refractivity contribution is 6.21. The first-order valence-corrected chi connectivity index (χ1v) is 12.6. The third-order valence-electron chi connectivity index (χ3n) is 7.95. The molecule has 6 heteroatoms. The minimum Gasteiger partial charge on any atom is -0.454 e. The Hall–Kier alpha value is -1.46. The number of amides is 1. The number of carbonyl (C=O) groups excluding carboxylic acids is 1. The fraction of sp³-hybridized carbons (Fsp3) is 0.720. The Balaban J connectivity index is 1.00. The van der Waals surface area contributed by atoms with Crippen LogP contribution in [0.25, 0.3) is 0 Å². The number of rotatable bonds is 6. The average molecular weight is 447 g/mol. The number of hydrogen-bond acceptors (Lipinski definition) is 4. The number of piperidine rings is 1. The van der Waals surface area contributed by atoms with E-state index in [0.717, 1.165) is 43.1 Å². The molecule has 1 aromatic rings. The molecule has 5 rings (SSSR count). The van der Waals surface area contributed by atoms with Gasteiger partial charge in [-0.05, 0) is 95.3 Å². The normalized spacial score (nSPS) is 31.3. The van der Waals surface area contributed by atoms with E-state index in [1.165, 1.54) is 57.3 Å². The summed E-state index contributed by atoms with van der Waals surface area (Å²) in [5.41, 5.74) is 1.33. The summed E-state index contributed by atoms with van der Waals surface area (Å²) in [5, 5.41) is 3.49. The summed E-state index contributed by atoms with van der Waals surface area (Å²) in [5.74, 6) is 3.68. The number of alkyl halides is 1. The topological polar surface area (TPSA) is 50.8 Å². The van der Waals surface area contributed by atoms with Crippen LogP contribution in [0.4, 0.5) is 0 Å². The molecule has 0 unspecified atom stereocenters. The van der Waals surface area contributed by atoms with Crippen molar-refractivity contribution in [3.63, 3.8) is 0 Å². The second-order valence-corrected chi connectivity index (χ2v) is 10.6. The Morgan fingerprint density at radius 3 is 2.58 bits per heavy atom. The molecule has 0 spiro atoms. The van der Waals surface area contributed by atoms with Gasteiger partial charge in [-0.1, -0.05) is 12.1 Å². The first-order chi connectivity index (χ1) is 15.2. The number of benzene rings is 1. The second-order valence-electron chi connectivity index (χ2n) is 9.98. The SMILES string of the molecule is O=C(NC1CCC(CCN2CCC(c3cccc4c3OCO4)CC2)CC1)[C@H]1C[C@H](Cl)C1. The Labute approximate surface area is 190 Å². The van der Waals surface area contributed by atoms with Crippen LogP contribution < -0.4 is 14.8 Å². The quantitative estimate of drug-likeness (QED) is 0.645. The fourth-order valence-electron chi connectivity index (χ4n) is 5.78. The number of nitrogens with one attached hydrogen (secondary N) is 1. The molecular weight excluding hydrogens is 412 g/mol. The van der Waals surface area contributed by atoms with Gasteiger partial charge < -0.3 is 19.7 Å². The highest BCUT2D eigenvalue weighted by Gasteiger charge is 2.34. The van der Waals surface area contributed by atoms with Crippen LogP contribution in [-0.2, 0) is 4.79 Å². The number of fused-ring (bicyclic) bond motifs is 1. The zero-order valence-electron chi connectivity index (χ0n) is 18.4. The Bertz CT molecular complexity index is 766. The van der Waals surface area contributed by atoms with E-state index in [2.05, 4.69) is 22.3 Å². The molecule has 2 saturated carbocycles. The number of halogens is 1. The number of ether oxygens (including phenoxy) is 2. The smallest absolute Gasteiger partial charge is 0.231 e. The predicted octanol–water partition coefficient (Wildman–Crippen LogP) is 4.68. The van der Waals surface area contributed by atoms with Crippen molar-refractivity contribution in [1.82, 2.24) is 10.2 Å². The summed E-state index contributed by atoms with van der Waals surface area (Å²) in [6.45, 7) is 3.90.